The molecule has 3 unspecified atom stereocenters. The van der Waals surface area contributed by atoms with Gasteiger partial charge >= 0.3 is 11.7 Å². The number of likely N-dealkylation sites (N-methyl/N-ethyl adjacent to an activating group) is 1. The fourth-order valence-corrected chi connectivity index (χ4v) is 4.68. The van der Waals surface area contributed by atoms with Gasteiger partial charge < -0.3 is 10.2 Å². The molecule has 2 amide bonds. The van der Waals surface area contributed by atoms with Gasteiger partial charge in [-0.2, -0.15) is 0 Å². The first-order valence-corrected chi connectivity index (χ1v) is 10.1. The molecule has 1 aromatic heterocycles. The molecule has 28 heavy (non-hydrogen) atoms. The van der Waals surface area contributed by atoms with E-state index >= 15 is 0 Å². The van der Waals surface area contributed by atoms with Gasteiger partial charge in [0.05, 0.1) is 11.0 Å². The van der Waals surface area contributed by atoms with Crippen molar-refractivity contribution in [1.82, 2.24) is 24.9 Å². The molecule has 3 N–H and O–H groups in total. The number of benzene rings is 1. The molecule has 2 fully saturated rings. The summed E-state index contributed by atoms with van der Waals surface area (Å²) in [7, 11) is 5.32. The van der Waals surface area contributed by atoms with E-state index in [-0.39, 0.29) is 17.8 Å². The summed E-state index contributed by atoms with van der Waals surface area (Å²) in [6, 6.07) is 6.20. The third-order valence-corrected chi connectivity index (χ3v) is 6.38. The van der Waals surface area contributed by atoms with Gasteiger partial charge in [-0.3, -0.25) is 20.0 Å². The minimum atomic E-state index is -0.140. The predicted molar refractivity (Wildman–Crippen MR) is 110 cm³/mol. The Hall–Kier alpha value is -2.32. The first-order valence-electron chi connectivity index (χ1n) is 10.1. The number of fused-ring (bicyclic) bond motifs is 2. The lowest BCUT2D eigenvalue weighted by Crippen LogP contribution is -2.44. The average Bonchev–Trinajstić information content (AvgIpc) is 3.03. The fourth-order valence-electron chi connectivity index (χ4n) is 4.68. The predicted octanol–water partition coefficient (Wildman–Crippen LogP) is 1.77. The second kappa shape index (κ2) is 7.60. The number of carbonyl (C=O) groups excluding carboxylic acids is 1. The Bertz CT molecular complexity index is 933. The summed E-state index contributed by atoms with van der Waals surface area (Å²) in [6.07, 6.45) is 6.28. The number of hydrazine groups is 1. The van der Waals surface area contributed by atoms with Crippen LogP contribution in [0.2, 0.25) is 0 Å². The SMILES string of the molecule is CN(CC1NNC2CCCCCC21)C(=O)Nc1ccc2c(c1)n(C)c(=O)n2C. The summed E-state index contributed by atoms with van der Waals surface area (Å²) in [4.78, 5) is 26.5. The van der Waals surface area contributed by atoms with Crippen LogP contribution in [0.4, 0.5) is 10.5 Å². The molecule has 0 spiro atoms. The number of nitrogens with one attached hydrogen (secondary N) is 3. The van der Waals surface area contributed by atoms with Crippen LogP contribution in [0.3, 0.4) is 0 Å². The van der Waals surface area contributed by atoms with Gasteiger partial charge in [0, 0.05) is 45.5 Å². The summed E-state index contributed by atoms with van der Waals surface area (Å²) in [6.45, 7) is 0.659. The Morgan fingerprint density at radius 1 is 1.14 bits per heavy atom. The summed E-state index contributed by atoms with van der Waals surface area (Å²) in [5.41, 5.74) is 9.10. The third kappa shape index (κ3) is 3.42. The van der Waals surface area contributed by atoms with Crippen molar-refractivity contribution in [3.63, 3.8) is 0 Å². The molecule has 1 aliphatic carbocycles. The van der Waals surface area contributed by atoms with E-state index in [1.807, 2.05) is 25.2 Å². The molecule has 152 valence electrons. The normalized spacial score (nSPS) is 24.8. The molecule has 8 nitrogen and oxygen atoms in total. The van der Waals surface area contributed by atoms with Crippen molar-refractivity contribution >= 4 is 22.8 Å². The van der Waals surface area contributed by atoms with E-state index in [0.717, 1.165) is 11.0 Å². The maximum absolute atomic E-state index is 12.7. The molecule has 0 radical (unpaired) electrons. The van der Waals surface area contributed by atoms with E-state index in [2.05, 4.69) is 16.2 Å². The van der Waals surface area contributed by atoms with Crippen molar-refractivity contribution in [2.75, 3.05) is 18.9 Å². The van der Waals surface area contributed by atoms with Crippen LogP contribution in [-0.2, 0) is 14.1 Å². The number of hydrogen-bond acceptors (Lipinski definition) is 4. The highest BCUT2D eigenvalue weighted by Crippen LogP contribution is 2.29. The molecular weight excluding hydrogens is 356 g/mol. The zero-order chi connectivity index (χ0) is 19.8. The number of hydrogen-bond donors (Lipinski definition) is 3. The fraction of sp³-hybridized carbons (Fsp3) is 0.600. The number of aromatic nitrogens is 2. The summed E-state index contributed by atoms with van der Waals surface area (Å²) in [5, 5.41) is 2.96. The van der Waals surface area contributed by atoms with Crippen molar-refractivity contribution in [2.24, 2.45) is 20.0 Å². The molecule has 4 rings (SSSR count). The van der Waals surface area contributed by atoms with Crippen molar-refractivity contribution in [1.29, 1.82) is 0 Å². The topological polar surface area (TPSA) is 83.3 Å². The third-order valence-electron chi connectivity index (χ3n) is 6.38. The number of aryl methyl sites for hydroxylation is 2. The van der Waals surface area contributed by atoms with Gasteiger partial charge in [0.2, 0.25) is 0 Å². The monoisotopic (exact) mass is 386 g/mol. The number of urea groups is 1. The van der Waals surface area contributed by atoms with Crippen molar-refractivity contribution in [3.05, 3.63) is 28.7 Å². The molecular formula is C20H30N6O2. The zero-order valence-electron chi connectivity index (χ0n) is 16.9. The molecule has 1 aromatic carbocycles. The number of nitrogens with zero attached hydrogens (tertiary/aromatic N) is 3. The van der Waals surface area contributed by atoms with Gasteiger partial charge in [-0.25, -0.2) is 9.59 Å². The standard InChI is InChI=1S/C20H30N6O2/c1-24(12-16-14-7-5-4-6-8-15(14)22-23-16)19(27)21-13-9-10-17-18(11-13)26(3)20(28)25(17)2/h9-11,14-16,22-23H,4-8,12H2,1-3H3,(H,21,27). The molecule has 2 heterocycles. The Balaban J connectivity index is 1.42. The van der Waals surface area contributed by atoms with Crippen LogP contribution in [0.1, 0.15) is 32.1 Å². The average molecular weight is 387 g/mol. The van der Waals surface area contributed by atoms with E-state index in [0.29, 0.717) is 24.2 Å². The first kappa shape index (κ1) is 19.0. The zero-order valence-corrected chi connectivity index (χ0v) is 16.9. The largest absolute Gasteiger partial charge is 0.328 e. The number of amides is 2. The van der Waals surface area contributed by atoms with Crippen LogP contribution in [0.25, 0.3) is 11.0 Å². The molecule has 1 aliphatic heterocycles. The number of anilines is 1. The van der Waals surface area contributed by atoms with E-state index in [1.165, 1.54) is 32.1 Å². The molecule has 2 aliphatic rings. The Morgan fingerprint density at radius 3 is 2.71 bits per heavy atom. The summed E-state index contributed by atoms with van der Waals surface area (Å²) < 4.78 is 3.20. The highest BCUT2D eigenvalue weighted by Gasteiger charge is 2.37. The highest BCUT2D eigenvalue weighted by molar-refractivity contribution is 5.92. The lowest BCUT2D eigenvalue weighted by atomic mass is 9.90. The van der Waals surface area contributed by atoms with Crippen LogP contribution < -0.4 is 21.9 Å². The van der Waals surface area contributed by atoms with Crippen LogP contribution in [0.15, 0.2) is 23.0 Å². The number of imidazole rings is 1. The molecule has 1 saturated heterocycles. The van der Waals surface area contributed by atoms with Gasteiger partial charge in [-0.05, 0) is 37.0 Å². The lowest BCUT2D eigenvalue weighted by Gasteiger charge is -2.26. The maximum atomic E-state index is 12.7. The summed E-state index contributed by atoms with van der Waals surface area (Å²) in [5.74, 6) is 0.577. The van der Waals surface area contributed by atoms with Crippen molar-refractivity contribution in [3.8, 4) is 0 Å². The van der Waals surface area contributed by atoms with Crippen molar-refractivity contribution in [2.45, 2.75) is 44.2 Å². The van der Waals surface area contributed by atoms with Crippen LogP contribution in [0.5, 0.6) is 0 Å². The van der Waals surface area contributed by atoms with Gasteiger partial charge in [0.1, 0.15) is 0 Å². The smallest absolute Gasteiger partial charge is 0.326 e. The van der Waals surface area contributed by atoms with Gasteiger partial charge in [0.15, 0.2) is 0 Å². The van der Waals surface area contributed by atoms with E-state index in [4.69, 9.17) is 0 Å². The molecule has 1 saturated carbocycles. The first-order chi connectivity index (χ1) is 13.5. The Morgan fingerprint density at radius 2 is 1.89 bits per heavy atom. The Labute approximate surface area is 164 Å². The van der Waals surface area contributed by atoms with E-state index < -0.39 is 0 Å². The summed E-state index contributed by atoms with van der Waals surface area (Å²) >= 11 is 0. The maximum Gasteiger partial charge on any atom is 0.328 e. The molecule has 8 heteroatoms. The van der Waals surface area contributed by atoms with Gasteiger partial charge in [-0.15, -0.1) is 0 Å². The molecule has 0 bridgehead atoms. The molecule has 2 aromatic rings. The van der Waals surface area contributed by atoms with E-state index in [9.17, 15) is 9.59 Å². The second-order valence-electron chi connectivity index (χ2n) is 8.22. The Kier molecular flexibility index (Phi) is 5.16. The minimum Gasteiger partial charge on any atom is -0.326 e. The van der Waals surface area contributed by atoms with Crippen LogP contribution >= 0.6 is 0 Å². The quantitative estimate of drug-likeness (QED) is 0.751. The lowest BCUT2D eigenvalue weighted by molar-refractivity contribution is 0.212. The van der Waals surface area contributed by atoms with Crippen LogP contribution in [0, 0.1) is 5.92 Å². The minimum absolute atomic E-state index is 0.0756. The number of rotatable bonds is 3. The van der Waals surface area contributed by atoms with E-state index in [1.54, 1.807) is 28.1 Å². The number of carbonyl (C=O) groups is 1. The highest BCUT2D eigenvalue weighted by atomic mass is 16.2. The van der Waals surface area contributed by atoms with Crippen molar-refractivity contribution < 1.29 is 4.79 Å². The van der Waals surface area contributed by atoms with Gasteiger partial charge in [-0.1, -0.05) is 19.3 Å². The second-order valence-corrected chi connectivity index (χ2v) is 8.22. The molecule has 3 atom stereocenters. The van der Waals surface area contributed by atoms with Gasteiger partial charge in [0.25, 0.3) is 0 Å². The van der Waals surface area contributed by atoms with Crippen LogP contribution in [-0.4, -0.2) is 45.7 Å².